The predicted octanol–water partition coefficient (Wildman–Crippen LogP) is 2.12. The highest BCUT2D eigenvalue weighted by molar-refractivity contribution is 4.85. The van der Waals surface area contributed by atoms with Gasteiger partial charge in [-0.05, 0) is 25.6 Å². The lowest BCUT2D eigenvalue weighted by Crippen LogP contribution is -1.77. The highest BCUT2D eigenvalue weighted by Crippen LogP contribution is 2.07. The molecule has 0 saturated carbocycles. The number of hydrogen-bond donors (Lipinski definition) is 0. The van der Waals surface area contributed by atoms with Crippen LogP contribution in [-0.4, -0.2) is 0 Å². The molecule has 1 aliphatic carbocycles. The Hall–Kier alpha value is -0.260. The van der Waals surface area contributed by atoms with Crippen LogP contribution in [0.5, 0.6) is 0 Å². The molecule has 34 valence electrons. The lowest BCUT2D eigenvalue weighted by atomic mass is 10.1. The minimum Gasteiger partial charge on any atom is -0.0885 e. The molecule has 0 heterocycles. The van der Waals surface area contributed by atoms with Gasteiger partial charge in [-0.15, -0.1) is 0 Å². The lowest BCUT2D eigenvalue weighted by Gasteiger charge is -1.97. The Morgan fingerprint density at radius 1 is 1.17 bits per heavy atom. The minimum atomic E-state index is -1.68. The van der Waals surface area contributed by atoms with Crippen LogP contribution in [0.4, 0.5) is 0 Å². The van der Waals surface area contributed by atoms with E-state index in [1.165, 1.54) is 0 Å². The van der Waals surface area contributed by atoms with Crippen molar-refractivity contribution in [3.63, 3.8) is 0 Å². The van der Waals surface area contributed by atoms with Crippen LogP contribution in [0.1, 0.15) is 31.1 Å². The van der Waals surface area contributed by atoms with E-state index in [1.54, 1.807) is 12.2 Å². The summed E-state index contributed by atoms with van der Waals surface area (Å²) in [6.07, 6.45) is 0.423. The highest BCUT2D eigenvalue weighted by atomic mass is 13.9. The largest absolute Gasteiger partial charge is 0.0885 e. The van der Waals surface area contributed by atoms with Crippen LogP contribution < -0.4 is 0 Å². The summed E-state index contributed by atoms with van der Waals surface area (Å²) in [5, 5.41) is 0. The number of hydrogen-bond acceptors (Lipinski definition) is 0. The van der Waals surface area contributed by atoms with Crippen molar-refractivity contribution < 1.29 is 5.48 Å². The quantitative estimate of drug-likeness (QED) is 0.396. The van der Waals surface area contributed by atoms with E-state index in [2.05, 4.69) is 0 Å². The molecule has 0 bridgehead atoms. The highest BCUT2D eigenvalue weighted by Gasteiger charge is 1.87. The zero-order valence-corrected chi connectivity index (χ0v) is 3.57. The maximum atomic E-state index is 7.27. The monoisotopic (exact) mass is 86.1 g/mol. The average Bonchev–Trinajstić information content (AvgIpc) is 1.77. The molecule has 0 aliphatic heterocycles. The molecule has 0 aromatic rings. The summed E-state index contributed by atoms with van der Waals surface area (Å²) >= 11 is 0. The van der Waals surface area contributed by atoms with Gasteiger partial charge >= 0.3 is 0 Å². The summed E-state index contributed by atoms with van der Waals surface area (Å²) in [6.45, 7) is 0. The standard InChI is InChI=1S/C6H10/c1-2-4-6-5-3-1/h1-2H,3-6H2/i5D2,6D2. The topological polar surface area (TPSA) is 0 Å². The van der Waals surface area contributed by atoms with Gasteiger partial charge in [0.2, 0.25) is 0 Å². The van der Waals surface area contributed by atoms with Crippen molar-refractivity contribution in [1.29, 1.82) is 0 Å². The number of rotatable bonds is 0. The van der Waals surface area contributed by atoms with E-state index >= 15 is 0 Å². The number of allylic oxidation sites excluding steroid dienone is 2. The second kappa shape index (κ2) is 2.01. The van der Waals surface area contributed by atoms with Crippen molar-refractivity contribution in [3.05, 3.63) is 12.2 Å². The maximum absolute atomic E-state index is 7.27. The first-order valence-electron chi connectivity index (χ1n) is 4.11. The Morgan fingerprint density at radius 3 is 2.00 bits per heavy atom. The van der Waals surface area contributed by atoms with Crippen molar-refractivity contribution in [2.75, 3.05) is 0 Å². The fraction of sp³-hybridized carbons (Fsp3) is 0.667. The molecule has 0 saturated heterocycles. The van der Waals surface area contributed by atoms with Crippen LogP contribution in [-0.2, 0) is 0 Å². The summed E-state index contributed by atoms with van der Waals surface area (Å²) in [6, 6.07) is 0. The van der Waals surface area contributed by atoms with Crippen LogP contribution in [0.2, 0.25) is 0 Å². The first kappa shape index (κ1) is 1.36. The summed E-state index contributed by atoms with van der Waals surface area (Å²) in [7, 11) is 0. The van der Waals surface area contributed by atoms with Gasteiger partial charge in [0.05, 0.1) is 0 Å². The SMILES string of the molecule is [2H]C1([2H])CC=CCC1([2H])[2H]. The first-order chi connectivity index (χ1) is 4.46. The van der Waals surface area contributed by atoms with Crippen LogP contribution in [0.15, 0.2) is 12.2 Å². The van der Waals surface area contributed by atoms with Crippen molar-refractivity contribution in [2.45, 2.75) is 25.6 Å². The fourth-order valence-electron chi connectivity index (χ4n) is 0.429. The van der Waals surface area contributed by atoms with Gasteiger partial charge in [0.25, 0.3) is 0 Å². The summed E-state index contributed by atoms with van der Waals surface area (Å²) < 4.78 is 29.1. The van der Waals surface area contributed by atoms with Crippen molar-refractivity contribution in [1.82, 2.24) is 0 Å². The van der Waals surface area contributed by atoms with Gasteiger partial charge in [0, 0.05) is 5.48 Å². The summed E-state index contributed by atoms with van der Waals surface area (Å²) in [4.78, 5) is 0. The Labute approximate surface area is 44.5 Å². The Balaban J connectivity index is 2.84. The molecule has 0 heteroatoms. The first-order valence-corrected chi connectivity index (χ1v) is 2.11. The molecule has 0 aromatic heterocycles. The van der Waals surface area contributed by atoms with E-state index < -0.39 is 12.7 Å². The van der Waals surface area contributed by atoms with Crippen LogP contribution >= 0.6 is 0 Å². The molecule has 0 spiro atoms. The Bertz CT molecular complexity index is 141. The van der Waals surface area contributed by atoms with Gasteiger partial charge in [0.1, 0.15) is 0 Å². The van der Waals surface area contributed by atoms with E-state index in [0.717, 1.165) is 0 Å². The molecule has 0 atom stereocenters. The molecule has 0 fully saturated rings. The fourth-order valence-corrected chi connectivity index (χ4v) is 0.429. The van der Waals surface area contributed by atoms with E-state index in [4.69, 9.17) is 5.48 Å². The molecule has 0 nitrogen and oxygen atoms in total. The molecule has 0 N–H and O–H groups in total. The molecule has 1 rings (SSSR count). The third-order valence-corrected chi connectivity index (χ3v) is 0.731. The Morgan fingerprint density at radius 2 is 1.67 bits per heavy atom. The molecule has 0 radical (unpaired) electrons. The van der Waals surface area contributed by atoms with Gasteiger partial charge in [-0.3, -0.25) is 0 Å². The van der Waals surface area contributed by atoms with Crippen LogP contribution in [0.25, 0.3) is 0 Å². The Kier molecular flexibility index (Phi) is 0.456. The third kappa shape index (κ3) is 0.852. The van der Waals surface area contributed by atoms with Crippen molar-refractivity contribution >= 4 is 0 Å². The zero-order valence-electron chi connectivity index (χ0n) is 7.57. The normalized spacial score (nSPS) is 48.0. The molecule has 0 amide bonds. The van der Waals surface area contributed by atoms with Gasteiger partial charge in [-0.1, -0.05) is 12.2 Å². The van der Waals surface area contributed by atoms with E-state index in [0.29, 0.717) is 0 Å². The lowest BCUT2D eigenvalue weighted by molar-refractivity contribution is 0.730. The van der Waals surface area contributed by atoms with Gasteiger partial charge in [0.15, 0.2) is 0 Å². The van der Waals surface area contributed by atoms with E-state index in [1.807, 2.05) is 0 Å². The maximum Gasteiger partial charge on any atom is 0.0270 e. The molecule has 0 aromatic carbocycles. The predicted molar refractivity (Wildman–Crippen MR) is 27.6 cm³/mol. The molecular formula is C6H10. The van der Waals surface area contributed by atoms with Gasteiger partial charge in [-0.25, -0.2) is 0 Å². The minimum absolute atomic E-state index is 0.194. The second-order valence-corrected chi connectivity index (χ2v) is 1.23. The smallest absolute Gasteiger partial charge is 0.0270 e. The summed E-state index contributed by atoms with van der Waals surface area (Å²) in [5.41, 5.74) is 0. The third-order valence-electron chi connectivity index (χ3n) is 0.731. The van der Waals surface area contributed by atoms with Crippen LogP contribution in [0, 0.1) is 0 Å². The van der Waals surface area contributed by atoms with Crippen LogP contribution in [0.3, 0.4) is 0 Å². The molecule has 0 unspecified atom stereocenters. The molecular weight excluding hydrogens is 72.1 g/mol. The molecule has 1 aliphatic rings. The van der Waals surface area contributed by atoms with Gasteiger partial charge < -0.3 is 0 Å². The second-order valence-electron chi connectivity index (χ2n) is 1.23. The molecule has 6 heavy (non-hydrogen) atoms. The summed E-state index contributed by atoms with van der Waals surface area (Å²) in [5.74, 6) is 0. The van der Waals surface area contributed by atoms with E-state index in [9.17, 15) is 0 Å². The van der Waals surface area contributed by atoms with Crippen molar-refractivity contribution in [3.8, 4) is 0 Å². The zero-order chi connectivity index (χ0) is 7.83. The van der Waals surface area contributed by atoms with E-state index in [-0.39, 0.29) is 12.8 Å². The van der Waals surface area contributed by atoms with Crippen molar-refractivity contribution in [2.24, 2.45) is 0 Å². The average molecular weight is 86.2 g/mol. The van der Waals surface area contributed by atoms with Gasteiger partial charge in [-0.2, -0.15) is 0 Å².